The fourth-order valence-electron chi connectivity index (χ4n) is 2.03. The van der Waals surface area contributed by atoms with Gasteiger partial charge in [-0.1, -0.05) is 12.1 Å². The quantitative estimate of drug-likeness (QED) is 0.884. The Morgan fingerprint density at radius 3 is 2.14 bits per heavy atom. The normalized spacial score (nSPS) is 10.1. The van der Waals surface area contributed by atoms with Gasteiger partial charge in [0, 0.05) is 24.4 Å². The lowest BCUT2D eigenvalue weighted by Gasteiger charge is -2.15. The number of benzene rings is 2. The zero-order valence-electron chi connectivity index (χ0n) is 12.3. The first-order chi connectivity index (χ1) is 10.2. The van der Waals surface area contributed by atoms with Crippen LogP contribution in [0.1, 0.15) is 5.56 Å². The lowest BCUT2D eigenvalue weighted by molar-refractivity contribution is 0.324. The number of hydrogen-bond acceptors (Lipinski definition) is 4. The van der Waals surface area contributed by atoms with Crippen molar-refractivity contribution in [1.82, 2.24) is 0 Å². The Morgan fingerprint density at radius 1 is 0.952 bits per heavy atom. The minimum atomic E-state index is -0.251. The molecule has 0 aliphatic carbocycles. The van der Waals surface area contributed by atoms with Crippen molar-refractivity contribution in [1.29, 1.82) is 0 Å². The highest BCUT2D eigenvalue weighted by molar-refractivity contribution is 5.62. The molecule has 5 heteroatoms. The maximum Gasteiger partial charge on any atom is 0.203 e. The van der Waals surface area contributed by atoms with E-state index in [1.807, 2.05) is 6.07 Å². The Kier molecular flexibility index (Phi) is 4.87. The van der Waals surface area contributed by atoms with E-state index >= 15 is 0 Å². The second-order valence-corrected chi connectivity index (χ2v) is 4.40. The van der Waals surface area contributed by atoms with Gasteiger partial charge in [0.15, 0.2) is 11.5 Å². The van der Waals surface area contributed by atoms with E-state index in [1.54, 1.807) is 39.5 Å². The lowest BCUT2D eigenvalue weighted by atomic mass is 10.2. The summed E-state index contributed by atoms with van der Waals surface area (Å²) in [6.45, 7) is 0.496. The molecule has 1 N–H and O–H groups in total. The Morgan fingerprint density at radius 2 is 1.62 bits per heavy atom. The monoisotopic (exact) mass is 291 g/mol. The summed E-state index contributed by atoms with van der Waals surface area (Å²) < 4.78 is 29.0. The first kappa shape index (κ1) is 15.0. The fourth-order valence-corrected chi connectivity index (χ4v) is 2.03. The van der Waals surface area contributed by atoms with Crippen LogP contribution in [0.15, 0.2) is 36.4 Å². The van der Waals surface area contributed by atoms with Gasteiger partial charge in [0.25, 0.3) is 0 Å². The number of halogens is 1. The average Bonchev–Trinajstić information content (AvgIpc) is 2.51. The molecule has 0 unspecified atom stereocenters. The van der Waals surface area contributed by atoms with E-state index in [9.17, 15) is 4.39 Å². The third-order valence-electron chi connectivity index (χ3n) is 3.05. The fraction of sp³-hybridized carbons (Fsp3) is 0.250. The van der Waals surface area contributed by atoms with Gasteiger partial charge in [0.05, 0.1) is 21.3 Å². The van der Waals surface area contributed by atoms with Gasteiger partial charge < -0.3 is 19.5 Å². The Bertz CT molecular complexity index is 591. The predicted octanol–water partition coefficient (Wildman–Crippen LogP) is 3.46. The Balaban J connectivity index is 2.20. The number of nitrogens with one attached hydrogen (secondary N) is 1. The van der Waals surface area contributed by atoms with E-state index in [4.69, 9.17) is 14.2 Å². The molecule has 0 saturated heterocycles. The number of methoxy groups -OCH3 is 3. The van der Waals surface area contributed by atoms with Crippen molar-refractivity contribution in [3.05, 3.63) is 47.8 Å². The van der Waals surface area contributed by atoms with E-state index in [2.05, 4.69) is 5.32 Å². The van der Waals surface area contributed by atoms with Crippen LogP contribution in [0.2, 0.25) is 0 Å². The molecule has 4 nitrogen and oxygen atoms in total. The molecular formula is C16H18FNO3. The summed E-state index contributed by atoms with van der Waals surface area (Å²) in [5, 5.41) is 3.21. The van der Waals surface area contributed by atoms with E-state index in [0.717, 1.165) is 11.3 Å². The molecule has 0 aliphatic rings. The number of rotatable bonds is 6. The van der Waals surface area contributed by atoms with Crippen molar-refractivity contribution >= 4 is 5.69 Å². The summed E-state index contributed by atoms with van der Waals surface area (Å²) >= 11 is 0. The first-order valence-corrected chi connectivity index (χ1v) is 6.46. The van der Waals surface area contributed by atoms with Gasteiger partial charge in [0.2, 0.25) is 5.75 Å². The van der Waals surface area contributed by atoms with Crippen LogP contribution in [0.3, 0.4) is 0 Å². The molecule has 0 heterocycles. The standard InChI is InChI=1S/C16H18FNO3/c1-19-14-8-13(9-15(20-2)16(14)21-3)18-10-11-5-4-6-12(17)7-11/h4-9,18H,10H2,1-3H3. The van der Waals surface area contributed by atoms with Crippen molar-refractivity contribution < 1.29 is 18.6 Å². The van der Waals surface area contributed by atoms with Crippen molar-refractivity contribution in [2.45, 2.75) is 6.54 Å². The largest absolute Gasteiger partial charge is 0.493 e. The number of hydrogen-bond donors (Lipinski definition) is 1. The molecule has 0 saturated carbocycles. The molecule has 2 rings (SSSR count). The second-order valence-electron chi connectivity index (χ2n) is 4.40. The molecule has 0 fully saturated rings. The Hall–Kier alpha value is -2.43. The summed E-state index contributed by atoms with van der Waals surface area (Å²) in [7, 11) is 4.68. The molecule has 0 aromatic heterocycles. The molecule has 0 amide bonds. The molecule has 0 radical (unpaired) electrons. The minimum Gasteiger partial charge on any atom is -0.493 e. The number of ether oxygens (including phenoxy) is 3. The van der Waals surface area contributed by atoms with Gasteiger partial charge in [-0.15, -0.1) is 0 Å². The van der Waals surface area contributed by atoms with Gasteiger partial charge in [-0.05, 0) is 17.7 Å². The van der Waals surface area contributed by atoms with Crippen molar-refractivity contribution in [2.75, 3.05) is 26.6 Å². The van der Waals surface area contributed by atoms with Crippen molar-refractivity contribution in [3.63, 3.8) is 0 Å². The van der Waals surface area contributed by atoms with Crippen LogP contribution in [0, 0.1) is 5.82 Å². The lowest BCUT2D eigenvalue weighted by Crippen LogP contribution is -2.02. The highest BCUT2D eigenvalue weighted by Gasteiger charge is 2.12. The summed E-state index contributed by atoms with van der Waals surface area (Å²) in [6.07, 6.45) is 0. The van der Waals surface area contributed by atoms with Gasteiger partial charge in [-0.3, -0.25) is 0 Å². The summed E-state index contributed by atoms with van der Waals surface area (Å²) in [5.41, 5.74) is 1.65. The highest BCUT2D eigenvalue weighted by atomic mass is 19.1. The van der Waals surface area contributed by atoms with E-state index < -0.39 is 0 Å². The van der Waals surface area contributed by atoms with Crippen molar-refractivity contribution in [3.8, 4) is 17.2 Å². The zero-order chi connectivity index (χ0) is 15.2. The summed E-state index contributed by atoms with van der Waals surface area (Å²) in [6, 6.07) is 10.1. The van der Waals surface area contributed by atoms with Crippen LogP contribution in [-0.2, 0) is 6.54 Å². The maximum atomic E-state index is 13.1. The number of anilines is 1. The molecule has 2 aromatic rings. The topological polar surface area (TPSA) is 39.7 Å². The second kappa shape index (κ2) is 6.83. The minimum absolute atomic E-state index is 0.251. The SMILES string of the molecule is COc1cc(NCc2cccc(F)c2)cc(OC)c1OC. The highest BCUT2D eigenvalue weighted by Crippen LogP contribution is 2.39. The third-order valence-corrected chi connectivity index (χ3v) is 3.05. The molecule has 0 bridgehead atoms. The molecule has 0 aliphatic heterocycles. The molecular weight excluding hydrogens is 273 g/mol. The van der Waals surface area contributed by atoms with Crippen LogP contribution in [0.4, 0.5) is 10.1 Å². The molecule has 21 heavy (non-hydrogen) atoms. The molecule has 0 atom stereocenters. The van der Waals surface area contributed by atoms with Crippen LogP contribution in [-0.4, -0.2) is 21.3 Å². The Labute approximate surface area is 123 Å². The molecule has 0 spiro atoms. The van der Waals surface area contributed by atoms with Crippen molar-refractivity contribution in [2.24, 2.45) is 0 Å². The van der Waals surface area contributed by atoms with Crippen LogP contribution >= 0.6 is 0 Å². The van der Waals surface area contributed by atoms with Gasteiger partial charge in [-0.25, -0.2) is 4.39 Å². The smallest absolute Gasteiger partial charge is 0.203 e. The van der Waals surface area contributed by atoms with E-state index in [-0.39, 0.29) is 5.82 Å². The van der Waals surface area contributed by atoms with Crippen LogP contribution in [0.5, 0.6) is 17.2 Å². The predicted molar refractivity (Wildman–Crippen MR) is 79.8 cm³/mol. The first-order valence-electron chi connectivity index (χ1n) is 6.46. The molecule has 112 valence electrons. The summed E-state index contributed by atoms with van der Waals surface area (Å²) in [5.74, 6) is 1.42. The third kappa shape index (κ3) is 3.56. The maximum absolute atomic E-state index is 13.1. The van der Waals surface area contributed by atoms with E-state index in [1.165, 1.54) is 12.1 Å². The van der Waals surface area contributed by atoms with E-state index in [0.29, 0.717) is 23.8 Å². The summed E-state index contributed by atoms with van der Waals surface area (Å²) in [4.78, 5) is 0. The van der Waals surface area contributed by atoms with Gasteiger partial charge in [0.1, 0.15) is 5.82 Å². The van der Waals surface area contributed by atoms with Crippen LogP contribution in [0.25, 0.3) is 0 Å². The average molecular weight is 291 g/mol. The zero-order valence-corrected chi connectivity index (χ0v) is 12.3. The van der Waals surface area contributed by atoms with Gasteiger partial charge in [-0.2, -0.15) is 0 Å². The van der Waals surface area contributed by atoms with Crippen LogP contribution < -0.4 is 19.5 Å². The van der Waals surface area contributed by atoms with Gasteiger partial charge >= 0.3 is 0 Å². The molecule has 2 aromatic carbocycles.